The van der Waals surface area contributed by atoms with E-state index in [0.717, 1.165) is 43.9 Å². The number of amides is 3. The first-order valence-corrected chi connectivity index (χ1v) is 14.0. The maximum absolute atomic E-state index is 13.7. The number of likely N-dealkylation sites (tertiary alicyclic amines) is 1. The zero-order valence-electron chi connectivity index (χ0n) is 22.8. The minimum absolute atomic E-state index is 0.0581. The van der Waals surface area contributed by atoms with Crippen molar-refractivity contribution >= 4 is 23.5 Å². The van der Waals surface area contributed by atoms with E-state index in [1.807, 2.05) is 6.08 Å². The monoisotopic (exact) mass is 526 g/mol. The number of nitrogens with zero attached hydrogens (tertiary/aromatic N) is 3. The van der Waals surface area contributed by atoms with Gasteiger partial charge in [-0.25, -0.2) is 4.79 Å². The first-order valence-electron chi connectivity index (χ1n) is 13.7. The number of halogens is 1. The van der Waals surface area contributed by atoms with Crippen LogP contribution in [0, 0.1) is 16.7 Å². The summed E-state index contributed by atoms with van der Waals surface area (Å²) in [7, 11) is 0. The van der Waals surface area contributed by atoms with Gasteiger partial charge in [-0.3, -0.25) is 9.69 Å². The predicted molar refractivity (Wildman–Crippen MR) is 150 cm³/mol. The molecule has 4 rings (SSSR count). The third kappa shape index (κ3) is 6.40. The summed E-state index contributed by atoms with van der Waals surface area (Å²) in [5.41, 5.74) is 6.59. The molecule has 2 fully saturated rings. The van der Waals surface area contributed by atoms with Gasteiger partial charge in [-0.1, -0.05) is 81.8 Å². The van der Waals surface area contributed by atoms with Crippen LogP contribution < -0.4 is 5.73 Å². The van der Waals surface area contributed by atoms with Crippen molar-refractivity contribution in [2.45, 2.75) is 65.5 Å². The molecule has 1 aliphatic carbocycles. The Labute approximate surface area is 227 Å². The zero-order valence-corrected chi connectivity index (χ0v) is 23.6. The van der Waals surface area contributed by atoms with E-state index in [1.165, 1.54) is 5.56 Å². The number of hydrogen-bond donors (Lipinski definition) is 1. The van der Waals surface area contributed by atoms with Crippen LogP contribution in [0.25, 0.3) is 0 Å². The highest BCUT2D eigenvalue weighted by Crippen LogP contribution is 2.47. The van der Waals surface area contributed by atoms with E-state index in [-0.39, 0.29) is 34.9 Å². The summed E-state index contributed by atoms with van der Waals surface area (Å²) in [5.74, 6) is 0.550. The molecule has 2 aliphatic heterocycles. The number of rotatable bonds is 5. The van der Waals surface area contributed by atoms with Crippen molar-refractivity contribution in [3.8, 4) is 0 Å². The van der Waals surface area contributed by atoms with Crippen molar-refractivity contribution in [1.82, 2.24) is 14.7 Å². The van der Waals surface area contributed by atoms with Gasteiger partial charge in [0.15, 0.2) is 0 Å². The second kappa shape index (κ2) is 11.2. The Kier molecular flexibility index (Phi) is 8.39. The highest BCUT2D eigenvalue weighted by molar-refractivity contribution is 6.31. The van der Waals surface area contributed by atoms with E-state index in [2.05, 4.69) is 80.0 Å². The molecule has 2 N–H and O–H groups in total. The lowest BCUT2D eigenvalue weighted by Gasteiger charge is -2.52. The minimum atomic E-state index is -0.360. The van der Waals surface area contributed by atoms with E-state index >= 15 is 0 Å². The highest BCUT2D eigenvalue weighted by Gasteiger charge is 2.44. The van der Waals surface area contributed by atoms with E-state index in [9.17, 15) is 9.59 Å². The number of urea groups is 1. The number of nitrogens with two attached hydrogens (primary N) is 1. The van der Waals surface area contributed by atoms with Gasteiger partial charge in [-0.15, -0.1) is 0 Å². The number of carbonyl (C=O) groups excluding carboxylic acids is 2. The average molecular weight is 527 g/mol. The SMILES string of the molecule is CC(C)(C)C1CN(C(c2ccccc2)C2(C)C=CC(Cl)=CC2)CCN1C(=O)CC1CCN(C(N)=O)CC1. The fourth-order valence-electron chi connectivity index (χ4n) is 6.37. The topological polar surface area (TPSA) is 69.9 Å². The van der Waals surface area contributed by atoms with E-state index < -0.39 is 0 Å². The number of primary amides is 1. The Bertz CT molecular complexity index is 1030. The van der Waals surface area contributed by atoms with Crippen LogP contribution in [-0.4, -0.2) is 65.4 Å². The fourth-order valence-corrected chi connectivity index (χ4v) is 6.51. The maximum Gasteiger partial charge on any atom is 0.314 e. The molecule has 0 bridgehead atoms. The Morgan fingerprint density at radius 3 is 2.35 bits per heavy atom. The van der Waals surface area contributed by atoms with Crippen LogP contribution in [0.4, 0.5) is 4.79 Å². The third-order valence-electron chi connectivity index (χ3n) is 8.59. The summed E-state index contributed by atoms with van der Waals surface area (Å²) in [6, 6.07) is 10.7. The molecule has 2 saturated heterocycles. The van der Waals surface area contributed by atoms with Crippen LogP contribution in [0.2, 0.25) is 0 Å². The lowest BCUT2D eigenvalue weighted by molar-refractivity contribution is -0.142. The number of carbonyl (C=O) groups is 2. The minimum Gasteiger partial charge on any atom is -0.351 e. The normalized spacial score (nSPS) is 26.6. The van der Waals surface area contributed by atoms with Gasteiger partial charge in [0.05, 0.1) is 0 Å². The molecule has 3 amide bonds. The molecule has 1 aromatic rings. The molecule has 2 heterocycles. The van der Waals surface area contributed by atoms with Crippen LogP contribution in [0.3, 0.4) is 0 Å². The largest absolute Gasteiger partial charge is 0.351 e. The highest BCUT2D eigenvalue weighted by atomic mass is 35.5. The standard InChI is InChI=1S/C30H43ClN4O2/c1-29(2,3)25-21-34(18-19-35(25)26(36)20-22-12-16-33(17-13-22)28(32)37)27(23-8-6-5-7-9-23)30(4)14-10-24(31)11-15-30/h5-11,14,22,25,27H,12-13,15-21H2,1-4H3,(H2,32,37). The van der Waals surface area contributed by atoms with E-state index in [4.69, 9.17) is 17.3 Å². The Balaban J connectivity index is 1.52. The van der Waals surface area contributed by atoms with Gasteiger partial charge in [0.1, 0.15) is 0 Å². The van der Waals surface area contributed by atoms with Gasteiger partial charge in [0.2, 0.25) is 5.91 Å². The first-order chi connectivity index (χ1) is 17.5. The summed E-state index contributed by atoms with van der Waals surface area (Å²) in [4.78, 5) is 31.6. The number of piperazine rings is 1. The van der Waals surface area contributed by atoms with Crippen molar-refractivity contribution in [1.29, 1.82) is 0 Å². The van der Waals surface area contributed by atoms with E-state index in [0.29, 0.717) is 25.4 Å². The molecule has 7 heteroatoms. The van der Waals surface area contributed by atoms with Crippen molar-refractivity contribution < 1.29 is 9.59 Å². The molecular weight excluding hydrogens is 484 g/mol. The molecule has 0 aromatic heterocycles. The van der Waals surface area contributed by atoms with Crippen LogP contribution >= 0.6 is 11.6 Å². The molecule has 6 nitrogen and oxygen atoms in total. The molecule has 0 saturated carbocycles. The smallest absolute Gasteiger partial charge is 0.314 e. The van der Waals surface area contributed by atoms with Crippen LogP contribution in [0.15, 0.2) is 53.6 Å². The predicted octanol–water partition coefficient (Wildman–Crippen LogP) is 5.56. The third-order valence-corrected chi connectivity index (χ3v) is 8.87. The first kappa shape index (κ1) is 27.7. The van der Waals surface area contributed by atoms with Gasteiger partial charge in [-0.05, 0) is 42.2 Å². The Hall–Kier alpha value is -2.31. The number of hydrogen-bond acceptors (Lipinski definition) is 3. The van der Waals surface area contributed by atoms with Gasteiger partial charge in [0.25, 0.3) is 0 Å². The average Bonchev–Trinajstić information content (AvgIpc) is 2.86. The molecule has 1 aromatic carbocycles. The second-order valence-corrected chi connectivity index (χ2v) is 12.8. The molecule has 0 spiro atoms. The molecular formula is C30H43ClN4O2. The van der Waals surface area contributed by atoms with Crippen molar-refractivity contribution in [2.24, 2.45) is 22.5 Å². The number of benzene rings is 1. The summed E-state index contributed by atoms with van der Waals surface area (Å²) in [6.45, 7) is 12.7. The molecule has 3 unspecified atom stereocenters. The second-order valence-electron chi connectivity index (χ2n) is 12.4. The summed E-state index contributed by atoms with van der Waals surface area (Å²) < 4.78 is 0. The van der Waals surface area contributed by atoms with Crippen molar-refractivity contribution in [3.63, 3.8) is 0 Å². The molecule has 3 atom stereocenters. The Morgan fingerprint density at radius 2 is 1.78 bits per heavy atom. The molecule has 3 aliphatic rings. The summed E-state index contributed by atoms with van der Waals surface area (Å²) in [6.07, 6.45) is 9.54. The lowest BCUT2D eigenvalue weighted by Crippen LogP contribution is -2.61. The zero-order chi connectivity index (χ0) is 26.8. The van der Waals surface area contributed by atoms with Gasteiger partial charge in [-0.2, -0.15) is 0 Å². The molecule has 0 radical (unpaired) electrons. The summed E-state index contributed by atoms with van der Waals surface area (Å²) in [5, 5.41) is 0.800. The van der Waals surface area contributed by atoms with Gasteiger partial charge >= 0.3 is 6.03 Å². The maximum atomic E-state index is 13.7. The number of piperidine rings is 1. The van der Waals surface area contributed by atoms with Crippen molar-refractivity contribution in [2.75, 3.05) is 32.7 Å². The fraction of sp³-hybridized carbons (Fsp3) is 0.600. The van der Waals surface area contributed by atoms with Crippen LogP contribution in [-0.2, 0) is 4.79 Å². The van der Waals surface area contributed by atoms with Gasteiger partial charge < -0.3 is 15.5 Å². The Morgan fingerprint density at radius 1 is 1.11 bits per heavy atom. The lowest BCUT2D eigenvalue weighted by atomic mass is 9.72. The quantitative estimate of drug-likeness (QED) is 0.546. The molecule has 37 heavy (non-hydrogen) atoms. The molecule has 202 valence electrons. The number of allylic oxidation sites excluding steroid dienone is 3. The van der Waals surface area contributed by atoms with Gasteiger partial charge in [0, 0.05) is 61.7 Å². The van der Waals surface area contributed by atoms with E-state index in [1.54, 1.807) is 4.90 Å². The van der Waals surface area contributed by atoms with Crippen LogP contribution in [0.5, 0.6) is 0 Å². The summed E-state index contributed by atoms with van der Waals surface area (Å²) >= 11 is 6.31. The van der Waals surface area contributed by atoms with Crippen molar-refractivity contribution in [3.05, 3.63) is 59.2 Å². The van der Waals surface area contributed by atoms with Crippen LogP contribution in [0.1, 0.15) is 65.0 Å².